The molecule has 0 N–H and O–H groups in total. The number of hydrogen-bond donors (Lipinski definition) is 0. The van der Waals surface area contributed by atoms with Crippen molar-refractivity contribution in [1.82, 2.24) is 0 Å². The fourth-order valence-electron chi connectivity index (χ4n) is 2.08. The Morgan fingerprint density at radius 1 is 1.26 bits per heavy atom. The number of ketones is 1. The van der Waals surface area contributed by atoms with Crippen molar-refractivity contribution in [2.24, 2.45) is 0 Å². The Morgan fingerprint density at radius 3 is 2.68 bits per heavy atom. The van der Waals surface area contributed by atoms with E-state index in [0.29, 0.717) is 43.3 Å². The molecule has 0 bridgehead atoms. The summed E-state index contributed by atoms with van der Waals surface area (Å²) >= 11 is 0. The van der Waals surface area contributed by atoms with E-state index in [-0.39, 0.29) is 11.9 Å². The van der Waals surface area contributed by atoms with Gasteiger partial charge in [-0.3, -0.25) is 4.79 Å². The van der Waals surface area contributed by atoms with Crippen molar-refractivity contribution in [3.05, 3.63) is 23.8 Å². The highest BCUT2D eigenvalue weighted by molar-refractivity contribution is 6.00. The highest BCUT2D eigenvalue weighted by Gasteiger charge is 2.20. The van der Waals surface area contributed by atoms with Gasteiger partial charge in [-0.25, -0.2) is 0 Å². The number of fused-ring (bicyclic) bond motifs is 1. The van der Waals surface area contributed by atoms with Crippen molar-refractivity contribution in [1.29, 1.82) is 0 Å². The topological polar surface area (TPSA) is 44.8 Å². The minimum atomic E-state index is -0.380. The zero-order valence-corrected chi connectivity index (χ0v) is 11.5. The molecule has 1 unspecified atom stereocenters. The summed E-state index contributed by atoms with van der Waals surface area (Å²) in [4.78, 5) is 12.3. The van der Waals surface area contributed by atoms with E-state index in [2.05, 4.69) is 0 Å². The monoisotopic (exact) mass is 264 g/mol. The van der Waals surface area contributed by atoms with Gasteiger partial charge >= 0.3 is 0 Å². The molecule has 0 fully saturated rings. The first-order valence-electron chi connectivity index (χ1n) is 6.81. The van der Waals surface area contributed by atoms with Crippen LogP contribution in [0.25, 0.3) is 0 Å². The van der Waals surface area contributed by atoms with E-state index < -0.39 is 0 Å². The summed E-state index contributed by atoms with van der Waals surface area (Å²) in [6.45, 7) is 5.64. The molecule has 0 saturated carbocycles. The molecule has 0 amide bonds. The molecular weight excluding hydrogens is 244 g/mol. The van der Waals surface area contributed by atoms with Gasteiger partial charge in [0.15, 0.2) is 17.3 Å². The first-order valence-corrected chi connectivity index (χ1v) is 6.81. The van der Waals surface area contributed by atoms with Crippen LogP contribution in [-0.4, -0.2) is 31.7 Å². The standard InChI is InChI=1S/C15H20O4/c1-3-12(17-4-2)15(16)11-6-7-13-14(10-11)19-9-5-8-18-13/h6-7,10,12H,3-5,8-9H2,1-2H3. The van der Waals surface area contributed by atoms with Crippen LogP contribution in [0.4, 0.5) is 0 Å². The maximum Gasteiger partial charge on any atom is 0.191 e. The maximum absolute atomic E-state index is 12.3. The van der Waals surface area contributed by atoms with Gasteiger partial charge in [0.2, 0.25) is 0 Å². The van der Waals surface area contributed by atoms with Crippen molar-refractivity contribution >= 4 is 5.78 Å². The highest BCUT2D eigenvalue weighted by Crippen LogP contribution is 2.31. The maximum atomic E-state index is 12.3. The van der Waals surface area contributed by atoms with Crippen LogP contribution in [0.2, 0.25) is 0 Å². The zero-order valence-electron chi connectivity index (χ0n) is 11.5. The molecule has 104 valence electrons. The second-order valence-electron chi connectivity index (χ2n) is 4.43. The predicted octanol–water partition coefficient (Wildman–Crippen LogP) is 2.85. The number of rotatable bonds is 5. The van der Waals surface area contributed by atoms with Gasteiger partial charge in [-0.1, -0.05) is 6.92 Å². The van der Waals surface area contributed by atoms with Crippen molar-refractivity contribution < 1.29 is 19.0 Å². The van der Waals surface area contributed by atoms with Crippen LogP contribution in [-0.2, 0) is 4.74 Å². The number of Topliss-reactive ketones (excluding diaryl/α,β-unsaturated/α-hetero) is 1. The highest BCUT2D eigenvalue weighted by atomic mass is 16.5. The number of carbonyl (C=O) groups excluding carboxylic acids is 1. The van der Waals surface area contributed by atoms with Crippen LogP contribution in [0.15, 0.2) is 18.2 Å². The number of hydrogen-bond acceptors (Lipinski definition) is 4. The fraction of sp³-hybridized carbons (Fsp3) is 0.533. The molecule has 1 aliphatic rings. The molecule has 0 aliphatic carbocycles. The lowest BCUT2D eigenvalue weighted by molar-refractivity contribution is 0.0443. The van der Waals surface area contributed by atoms with Crippen LogP contribution in [0.1, 0.15) is 37.0 Å². The van der Waals surface area contributed by atoms with Crippen LogP contribution >= 0.6 is 0 Å². The zero-order chi connectivity index (χ0) is 13.7. The second kappa shape index (κ2) is 6.57. The Balaban J connectivity index is 2.20. The third kappa shape index (κ3) is 3.26. The van der Waals surface area contributed by atoms with Gasteiger partial charge in [0.1, 0.15) is 6.10 Å². The molecule has 0 radical (unpaired) electrons. The lowest BCUT2D eigenvalue weighted by atomic mass is 10.0. The van der Waals surface area contributed by atoms with Crippen molar-refractivity contribution in [3.8, 4) is 11.5 Å². The van der Waals surface area contributed by atoms with Gasteiger partial charge in [-0.05, 0) is 31.5 Å². The van der Waals surface area contributed by atoms with Gasteiger partial charge < -0.3 is 14.2 Å². The molecule has 0 aromatic heterocycles. The Kier molecular flexibility index (Phi) is 4.80. The first kappa shape index (κ1) is 13.9. The van der Waals surface area contributed by atoms with Crippen LogP contribution in [0.5, 0.6) is 11.5 Å². The van der Waals surface area contributed by atoms with Gasteiger partial charge in [0.25, 0.3) is 0 Å². The average molecular weight is 264 g/mol. The van der Waals surface area contributed by atoms with Crippen molar-refractivity contribution in [2.45, 2.75) is 32.8 Å². The molecule has 19 heavy (non-hydrogen) atoms. The van der Waals surface area contributed by atoms with E-state index in [0.717, 1.165) is 6.42 Å². The SMILES string of the molecule is CCOC(CC)C(=O)c1ccc2c(c1)OCCCO2. The number of benzene rings is 1. The first-order chi connectivity index (χ1) is 9.26. The third-order valence-electron chi connectivity index (χ3n) is 3.06. The Labute approximate surface area is 113 Å². The lowest BCUT2D eigenvalue weighted by Gasteiger charge is -2.15. The summed E-state index contributed by atoms with van der Waals surface area (Å²) in [6, 6.07) is 5.33. The minimum Gasteiger partial charge on any atom is -0.490 e. The molecule has 2 rings (SSSR count). The summed E-state index contributed by atoms with van der Waals surface area (Å²) in [5.41, 5.74) is 0.615. The number of carbonyl (C=O) groups is 1. The normalized spacial score (nSPS) is 15.7. The van der Waals surface area contributed by atoms with Crippen molar-refractivity contribution in [3.63, 3.8) is 0 Å². The number of ether oxygens (including phenoxy) is 3. The molecule has 1 atom stereocenters. The van der Waals surface area contributed by atoms with E-state index in [1.54, 1.807) is 18.2 Å². The molecule has 4 heteroatoms. The van der Waals surface area contributed by atoms with Crippen LogP contribution in [0.3, 0.4) is 0 Å². The fourth-order valence-corrected chi connectivity index (χ4v) is 2.08. The van der Waals surface area contributed by atoms with Gasteiger partial charge in [-0.2, -0.15) is 0 Å². The van der Waals surface area contributed by atoms with E-state index in [4.69, 9.17) is 14.2 Å². The van der Waals surface area contributed by atoms with E-state index in [1.807, 2.05) is 13.8 Å². The Bertz CT molecular complexity index is 442. The summed E-state index contributed by atoms with van der Waals surface area (Å²) < 4.78 is 16.6. The largest absolute Gasteiger partial charge is 0.490 e. The summed E-state index contributed by atoms with van der Waals surface area (Å²) in [5, 5.41) is 0. The van der Waals surface area contributed by atoms with E-state index >= 15 is 0 Å². The molecular formula is C15H20O4. The lowest BCUT2D eigenvalue weighted by Crippen LogP contribution is -2.23. The van der Waals surface area contributed by atoms with Gasteiger partial charge in [0.05, 0.1) is 13.2 Å². The van der Waals surface area contributed by atoms with Gasteiger partial charge in [-0.15, -0.1) is 0 Å². The summed E-state index contributed by atoms with van der Waals surface area (Å²) in [7, 11) is 0. The van der Waals surface area contributed by atoms with E-state index in [1.165, 1.54) is 0 Å². The molecule has 0 saturated heterocycles. The molecule has 1 aliphatic heterocycles. The van der Waals surface area contributed by atoms with Crippen molar-refractivity contribution in [2.75, 3.05) is 19.8 Å². The summed E-state index contributed by atoms with van der Waals surface area (Å²) in [6.07, 6.45) is 1.14. The molecule has 0 spiro atoms. The minimum absolute atomic E-state index is 0.00000283. The smallest absolute Gasteiger partial charge is 0.191 e. The van der Waals surface area contributed by atoms with Crippen LogP contribution in [0, 0.1) is 0 Å². The Hall–Kier alpha value is -1.55. The second-order valence-corrected chi connectivity index (χ2v) is 4.43. The average Bonchev–Trinajstić information content (AvgIpc) is 2.68. The molecule has 1 heterocycles. The molecule has 4 nitrogen and oxygen atoms in total. The molecule has 1 aromatic rings. The summed E-state index contributed by atoms with van der Waals surface area (Å²) in [5.74, 6) is 1.35. The van der Waals surface area contributed by atoms with E-state index in [9.17, 15) is 4.79 Å². The predicted molar refractivity (Wildman–Crippen MR) is 72.1 cm³/mol. The quantitative estimate of drug-likeness (QED) is 0.767. The van der Waals surface area contributed by atoms with Gasteiger partial charge in [0, 0.05) is 18.6 Å². The Morgan fingerprint density at radius 2 is 2.00 bits per heavy atom. The van der Waals surface area contributed by atoms with Crippen LogP contribution < -0.4 is 9.47 Å². The third-order valence-corrected chi connectivity index (χ3v) is 3.06. The molecule has 1 aromatic carbocycles.